The number of carboxylic acids is 1. The number of nitrogens with one attached hydrogen (secondary N) is 3. The Kier molecular flexibility index (Phi) is 11.8. The third kappa shape index (κ3) is 9.16. The van der Waals surface area contributed by atoms with Gasteiger partial charge in [0.1, 0.15) is 12.1 Å². The minimum absolute atomic E-state index is 0.0429. The van der Waals surface area contributed by atoms with Crippen LogP contribution in [0.15, 0.2) is 65.7 Å². The summed E-state index contributed by atoms with van der Waals surface area (Å²) in [5, 5.41) is 17.2. The molecule has 14 nitrogen and oxygen atoms in total. The Labute approximate surface area is 260 Å². The number of nitrogens with two attached hydrogens (primary N) is 3. The number of aliphatic carboxylic acids is 1. The van der Waals surface area contributed by atoms with Gasteiger partial charge < -0.3 is 42.8 Å². The number of carbonyl (C=O) groups is 5. The number of amides is 4. The van der Waals surface area contributed by atoms with E-state index in [0.717, 1.165) is 0 Å². The number of guanidine groups is 1. The standard InChI is InChI=1S/C31H38N8O6/c1-18-25(30(45)37-22(28(32)43)14-9-17-35-31(33)34)26(38-29(44)23(36-19(2)40)15-16-24(41)42)27(20-10-5-3-6-11-20)39(18)21-12-7-4-8-13-21/h3-8,10-13,22-23H,9,14-17H2,1-2H3,(H2,32,43)(H,36,40)(H,37,45)(H,38,44)(H,41,42)(H4,33,34,35). The van der Waals surface area contributed by atoms with E-state index < -0.39 is 41.7 Å². The molecule has 0 aliphatic carbocycles. The second-order valence-electron chi connectivity index (χ2n) is 10.3. The molecule has 238 valence electrons. The fourth-order valence-corrected chi connectivity index (χ4v) is 4.87. The van der Waals surface area contributed by atoms with Gasteiger partial charge in [-0.2, -0.15) is 0 Å². The molecule has 0 radical (unpaired) electrons. The third-order valence-corrected chi connectivity index (χ3v) is 6.88. The van der Waals surface area contributed by atoms with Gasteiger partial charge in [-0.3, -0.25) is 29.0 Å². The summed E-state index contributed by atoms with van der Waals surface area (Å²) in [6.45, 7) is 3.12. The molecule has 10 N–H and O–H groups in total. The van der Waals surface area contributed by atoms with Gasteiger partial charge in [-0.25, -0.2) is 0 Å². The van der Waals surface area contributed by atoms with Gasteiger partial charge in [-0.05, 0) is 38.3 Å². The van der Waals surface area contributed by atoms with E-state index in [-0.39, 0.29) is 43.0 Å². The van der Waals surface area contributed by atoms with Gasteiger partial charge in [-0.1, -0.05) is 48.5 Å². The number of carbonyl (C=O) groups excluding carboxylic acids is 4. The van der Waals surface area contributed by atoms with Crippen LogP contribution in [0.1, 0.15) is 48.7 Å². The van der Waals surface area contributed by atoms with Crippen molar-refractivity contribution in [1.29, 1.82) is 0 Å². The van der Waals surface area contributed by atoms with E-state index in [0.29, 0.717) is 29.1 Å². The average molecular weight is 619 g/mol. The van der Waals surface area contributed by atoms with E-state index in [1.54, 1.807) is 35.8 Å². The summed E-state index contributed by atoms with van der Waals surface area (Å²) in [6.07, 6.45) is -0.0950. The van der Waals surface area contributed by atoms with Gasteiger partial charge in [0.2, 0.25) is 17.7 Å². The number of anilines is 1. The van der Waals surface area contributed by atoms with Crippen molar-refractivity contribution in [3.05, 3.63) is 71.9 Å². The molecule has 0 saturated carbocycles. The van der Waals surface area contributed by atoms with Crippen molar-refractivity contribution in [1.82, 2.24) is 15.2 Å². The summed E-state index contributed by atoms with van der Waals surface area (Å²) in [6, 6.07) is 15.8. The highest BCUT2D eigenvalue weighted by Crippen LogP contribution is 2.39. The molecule has 45 heavy (non-hydrogen) atoms. The van der Waals surface area contributed by atoms with Gasteiger partial charge in [0.25, 0.3) is 5.91 Å². The fraction of sp³-hybridized carbons (Fsp3) is 0.290. The predicted molar refractivity (Wildman–Crippen MR) is 169 cm³/mol. The quantitative estimate of drug-likeness (QED) is 0.0744. The largest absolute Gasteiger partial charge is 0.481 e. The summed E-state index contributed by atoms with van der Waals surface area (Å²) < 4.78 is 1.79. The topological polar surface area (TPSA) is 237 Å². The van der Waals surface area contributed by atoms with E-state index >= 15 is 0 Å². The molecule has 3 rings (SSSR count). The number of aromatic nitrogens is 1. The Hall–Kier alpha value is -5.66. The molecule has 0 aliphatic heterocycles. The summed E-state index contributed by atoms with van der Waals surface area (Å²) in [5.74, 6) is -3.99. The first-order valence-electron chi connectivity index (χ1n) is 14.2. The van der Waals surface area contributed by atoms with E-state index in [1.165, 1.54) is 6.92 Å². The van der Waals surface area contributed by atoms with Crippen LogP contribution >= 0.6 is 0 Å². The number of hydrogen-bond acceptors (Lipinski definition) is 6. The van der Waals surface area contributed by atoms with Crippen LogP contribution in [0.25, 0.3) is 16.9 Å². The zero-order chi connectivity index (χ0) is 33.1. The maximum Gasteiger partial charge on any atom is 0.303 e. The smallest absolute Gasteiger partial charge is 0.303 e. The zero-order valence-corrected chi connectivity index (χ0v) is 25.1. The highest BCUT2D eigenvalue weighted by atomic mass is 16.4. The third-order valence-electron chi connectivity index (χ3n) is 6.88. The van der Waals surface area contributed by atoms with E-state index in [1.807, 2.05) is 36.4 Å². The van der Waals surface area contributed by atoms with Gasteiger partial charge in [-0.15, -0.1) is 0 Å². The molecule has 1 heterocycles. The van der Waals surface area contributed by atoms with Crippen molar-refractivity contribution >= 4 is 41.2 Å². The average Bonchev–Trinajstić information content (AvgIpc) is 3.28. The molecule has 1 aromatic heterocycles. The molecule has 0 spiro atoms. The number of benzene rings is 2. The maximum absolute atomic E-state index is 14.0. The monoisotopic (exact) mass is 618 g/mol. The molecule has 4 amide bonds. The molecule has 0 saturated heterocycles. The highest BCUT2D eigenvalue weighted by Gasteiger charge is 2.32. The molecular formula is C31H38N8O6. The first-order valence-corrected chi connectivity index (χ1v) is 14.2. The molecule has 2 unspecified atom stereocenters. The van der Waals surface area contributed by atoms with Crippen molar-refractivity contribution in [2.24, 2.45) is 22.2 Å². The minimum Gasteiger partial charge on any atom is -0.481 e. The second kappa shape index (κ2) is 15.7. The van der Waals surface area contributed by atoms with Gasteiger partial charge >= 0.3 is 5.97 Å². The number of nitrogens with zero attached hydrogens (tertiary/aromatic N) is 2. The Morgan fingerprint density at radius 2 is 1.51 bits per heavy atom. The number of aliphatic imine (C=N–C) groups is 1. The maximum atomic E-state index is 14.0. The van der Waals surface area contributed by atoms with Crippen LogP contribution in [0.4, 0.5) is 5.69 Å². The van der Waals surface area contributed by atoms with Crippen LogP contribution in [0.3, 0.4) is 0 Å². The molecule has 0 bridgehead atoms. The first kappa shape index (κ1) is 33.8. The van der Waals surface area contributed by atoms with E-state index in [2.05, 4.69) is 20.9 Å². The second-order valence-corrected chi connectivity index (χ2v) is 10.3. The van der Waals surface area contributed by atoms with Gasteiger partial charge in [0, 0.05) is 36.8 Å². The number of carboxylic acid groups (broad SMARTS) is 1. The molecule has 2 aromatic carbocycles. The summed E-state index contributed by atoms with van der Waals surface area (Å²) in [5.41, 5.74) is 18.7. The highest BCUT2D eigenvalue weighted by molar-refractivity contribution is 6.11. The lowest BCUT2D eigenvalue weighted by molar-refractivity contribution is -0.137. The number of rotatable bonds is 15. The van der Waals surface area contributed by atoms with Crippen molar-refractivity contribution in [3.8, 4) is 16.9 Å². The van der Waals surface area contributed by atoms with Gasteiger partial charge in [0.05, 0.1) is 16.9 Å². The van der Waals surface area contributed by atoms with E-state index in [4.69, 9.17) is 17.2 Å². The molecule has 3 aromatic rings. The Balaban J connectivity index is 2.19. The van der Waals surface area contributed by atoms with Gasteiger partial charge in [0.15, 0.2) is 5.96 Å². The van der Waals surface area contributed by atoms with Crippen molar-refractivity contribution < 1.29 is 29.1 Å². The fourth-order valence-electron chi connectivity index (χ4n) is 4.87. The lowest BCUT2D eigenvalue weighted by Gasteiger charge is -2.19. The first-order chi connectivity index (χ1) is 21.4. The summed E-state index contributed by atoms with van der Waals surface area (Å²) in [7, 11) is 0. The number of primary amides is 1. The van der Waals surface area contributed by atoms with Crippen LogP contribution in [0.5, 0.6) is 0 Å². The van der Waals surface area contributed by atoms with Crippen molar-refractivity contribution in [2.75, 3.05) is 11.9 Å². The van der Waals surface area contributed by atoms with Crippen LogP contribution in [0.2, 0.25) is 0 Å². The van der Waals surface area contributed by atoms with Crippen molar-refractivity contribution in [3.63, 3.8) is 0 Å². The number of para-hydroxylation sites is 1. The predicted octanol–water partition coefficient (Wildman–Crippen LogP) is 1.40. The summed E-state index contributed by atoms with van der Waals surface area (Å²) >= 11 is 0. The van der Waals surface area contributed by atoms with Crippen LogP contribution in [-0.4, -0.2) is 63.9 Å². The molecular weight excluding hydrogens is 580 g/mol. The van der Waals surface area contributed by atoms with E-state index in [9.17, 15) is 29.1 Å². The molecule has 14 heteroatoms. The lowest BCUT2D eigenvalue weighted by Crippen LogP contribution is -2.45. The minimum atomic E-state index is -1.22. The Morgan fingerprint density at radius 1 is 0.889 bits per heavy atom. The Bertz CT molecular complexity index is 1570. The van der Waals surface area contributed by atoms with Crippen molar-refractivity contribution in [2.45, 2.75) is 51.6 Å². The van der Waals surface area contributed by atoms with Crippen LogP contribution in [0, 0.1) is 6.92 Å². The number of hydrogen-bond donors (Lipinski definition) is 7. The Morgan fingerprint density at radius 3 is 2.07 bits per heavy atom. The molecule has 0 aliphatic rings. The lowest BCUT2D eigenvalue weighted by atomic mass is 10.1. The summed E-state index contributed by atoms with van der Waals surface area (Å²) in [4.78, 5) is 67.1. The zero-order valence-electron chi connectivity index (χ0n) is 25.1. The SMILES string of the molecule is CC(=O)NC(CCC(=O)O)C(=O)Nc1c(C(=O)NC(CCCN=C(N)N)C(N)=O)c(C)n(-c2ccccc2)c1-c1ccccc1. The normalized spacial score (nSPS) is 12.0. The molecule has 2 atom stereocenters. The van der Waals surface area contributed by atoms with Crippen LogP contribution < -0.4 is 33.2 Å². The molecule has 0 fully saturated rings. The van der Waals surface area contributed by atoms with Crippen LogP contribution in [-0.2, 0) is 19.2 Å².